The first-order valence-corrected chi connectivity index (χ1v) is 8.81. The van der Waals surface area contributed by atoms with Gasteiger partial charge in [0.15, 0.2) is 0 Å². The van der Waals surface area contributed by atoms with Gasteiger partial charge in [-0.3, -0.25) is 0 Å². The standard InChI is InChI=1S/C14H19FN2O2S2/c1-2-8-17(9-10-6-7-10)21(18,19)12-5-3-4-11(15)13(12)14(16)20/h3-5,10H,2,6-9H2,1H3,(H2,16,20). The highest BCUT2D eigenvalue weighted by atomic mass is 32.2. The number of nitrogens with zero attached hydrogens (tertiary/aromatic N) is 1. The Hall–Kier alpha value is -1.05. The third kappa shape index (κ3) is 3.59. The molecule has 1 aliphatic rings. The van der Waals surface area contributed by atoms with Gasteiger partial charge in [0, 0.05) is 13.1 Å². The van der Waals surface area contributed by atoms with Crippen LogP contribution in [0.3, 0.4) is 0 Å². The lowest BCUT2D eigenvalue weighted by Crippen LogP contribution is -2.35. The molecule has 0 unspecified atom stereocenters. The van der Waals surface area contributed by atoms with Crippen LogP contribution in [0.2, 0.25) is 0 Å². The van der Waals surface area contributed by atoms with Crippen molar-refractivity contribution in [3.63, 3.8) is 0 Å². The third-order valence-electron chi connectivity index (χ3n) is 3.47. The maximum absolute atomic E-state index is 13.9. The van der Waals surface area contributed by atoms with Gasteiger partial charge >= 0.3 is 0 Å². The SMILES string of the molecule is CCCN(CC1CC1)S(=O)(=O)c1cccc(F)c1C(N)=S. The Labute approximate surface area is 130 Å². The topological polar surface area (TPSA) is 63.4 Å². The summed E-state index contributed by atoms with van der Waals surface area (Å²) in [6.07, 6.45) is 2.78. The number of hydrogen-bond acceptors (Lipinski definition) is 3. The molecule has 1 fully saturated rings. The second kappa shape index (κ2) is 6.37. The van der Waals surface area contributed by atoms with Crippen LogP contribution in [0.4, 0.5) is 4.39 Å². The average Bonchev–Trinajstić information content (AvgIpc) is 3.21. The molecule has 1 saturated carbocycles. The van der Waals surface area contributed by atoms with Gasteiger partial charge in [-0.15, -0.1) is 0 Å². The summed E-state index contributed by atoms with van der Waals surface area (Å²) < 4.78 is 40.9. The molecule has 1 aromatic carbocycles. The first-order chi connectivity index (χ1) is 9.87. The van der Waals surface area contributed by atoms with Crippen molar-refractivity contribution in [3.05, 3.63) is 29.6 Å². The van der Waals surface area contributed by atoms with E-state index in [-0.39, 0.29) is 15.4 Å². The van der Waals surface area contributed by atoms with Gasteiger partial charge in [-0.2, -0.15) is 4.31 Å². The highest BCUT2D eigenvalue weighted by Crippen LogP contribution is 2.32. The number of benzene rings is 1. The minimum absolute atomic E-state index is 0.135. The molecule has 0 aliphatic heterocycles. The average molecular weight is 330 g/mol. The van der Waals surface area contributed by atoms with E-state index < -0.39 is 15.8 Å². The highest BCUT2D eigenvalue weighted by molar-refractivity contribution is 7.89. The van der Waals surface area contributed by atoms with E-state index in [1.54, 1.807) is 0 Å². The Balaban J connectivity index is 2.46. The van der Waals surface area contributed by atoms with Crippen molar-refractivity contribution in [3.8, 4) is 0 Å². The van der Waals surface area contributed by atoms with Gasteiger partial charge in [0.2, 0.25) is 10.0 Å². The van der Waals surface area contributed by atoms with Crippen molar-refractivity contribution in [1.29, 1.82) is 0 Å². The molecule has 7 heteroatoms. The lowest BCUT2D eigenvalue weighted by Gasteiger charge is -2.23. The number of hydrogen-bond donors (Lipinski definition) is 1. The molecule has 4 nitrogen and oxygen atoms in total. The van der Waals surface area contributed by atoms with Gasteiger partial charge < -0.3 is 5.73 Å². The van der Waals surface area contributed by atoms with E-state index in [0.717, 1.165) is 12.8 Å². The zero-order chi connectivity index (χ0) is 15.6. The van der Waals surface area contributed by atoms with Crippen LogP contribution >= 0.6 is 12.2 Å². The van der Waals surface area contributed by atoms with Crippen LogP contribution in [0.15, 0.2) is 23.1 Å². The minimum atomic E-state index is -3.79. The number of nitrogens with two attached hydrogens (primary N) is 1. The fourth-order valence-electron chi connectivity index (χ4n) is 2.24. The molecule has 1 aliphatic carbocycles. The Morgan fingerprint density at radius 2 is 2.14 bits per heavy atom. The van der Waals surface area contributed by atoms with Gasteiger partial charge in [-0.05, 0) is 37.3 Å². The molecule has 0 spiro atoms. The quantitative estimate of drug-likeness (QED) is 0.779. The van der Waals surface area contributed by atoms with E-state index in [1.807, 2.05) is 6.92 Å². The molecule has 0 atom stereocenters. The van der Waals surface area contributed by atoms with Gasteiger partial charge in [-0.25, -0.2) is 12.8 Å². The second-order valence-corrected chi connectivity index (χ2v) is 7.63. The van der Waals surface area contributed by atoms with Crippen molar-refractivity contribution in [2.45, 2.75) is 31.1 Å². The first-order valence-electron chi connectivity index (χ1n) is 6.96. The molecule has 0 saturated heterocycles. The molecule has 0 radical (unpaired) electrons. The van der Waals surface area contributed by atoms with Crippen LogP contribution in [0, 0.1) is 11.7 Å². The van der Waals surface area contributed by atoms with E-state index in [4.69, 9.17) is 18.0 Å². The van der Waals surface area contributed by atoms with E-state index >= 15 is 0 Å². The molecule has 1 aromatic rings. The fraction of sp³-hybridized carbons (Fsp3) is 0.500. The summed E-state index contributed by atoms with van der Waals surface area (Å²) >= 11 is 4.81. The van der Waals surface area contributed by atoms with Gasteiger partial charge in [0.1, 0.15) is 10.8 Å². The van der Waals surface area contributed by atoms with Crippen LogP contribution in [0.25, 0.3) is 0 Å². The molecule has 0 bridgehead atoms. The van der Waals surface area contributed by atoms with E-state index in [0.29, 0.717) is 25.4 Å². The fourth-order valence-corrected chi connectivity index (χ4v) is 4.34. The van der Waals surface area contributed by atoms with Crippen molar-refractivity contribution in [2.24, 2.45) is 11.7 Å². The summed E-state index contributed by atoms with van der Waals surface area (Å²) in [5, 5.41) is 0. The van der Waals surface area contributed by atoms with E-state index in [9.17, 15) is 12.8 Å². The largest absolute Gasteiger partial charge is 0.389 e. The molecular formula is C14H19FN2O2S2. The number of sulfonamides is 1. The predicted octanol–water partition coefficient (Wildman–Crippen LogP) is 2.27. The number of thiocarbonyl (C=S) groups is 1. The maximum atomic E-state index is 13.9. The summed E-state index contributed by atoms with van der Waals surface area (Å²) in [7, 11) is -3.79. The summed E-state index contributed by atoms with van der Waals surface area (Å²) in [6, 6.07) is 3.90. The first kappa shape index (κ1) is 16.3. The zero-order valence-corrected chi connectivity index (χ0v) is 13.5. The molecule has 0 amide bonds. The van der Waals surface area contributed by atoms with Gasteiger partial charge in [-0.1, -0.05) is 25.2 Å². The van der Waals surface area contributed by atoms with Crippen LogP contribution in [-0.2, 0) is 10.0 Å². The molecule has 116 valence electrons. The van der Waals surface area contributed by atoms with Crippen molar-refractivity contribution in [2.75, 3.05) is 13.1 Å². The van der Waals surface area contributed by atoms with Crippen LogP contribution in [-0.4, -0.2) is 30.8 Å². The minimum Gasteiger partial charge on any atom is -0.389 e. The molecular weight excluding hydrogens is 311 g/mol. The smallest absolute Gasteiger partial charge is 0.243 e. The monoisotopic (exact) mass is 330 g/mol. The number of halogens is 1. The van der Waals surface area contributed by atoms with Crippen molar-refractivity contribution < 1.29 is 12.8 Å². The Morgan fingerprint density at radius 3 is 2.67 bits per heavy atom. The summed E-state index contributed by atoms with van der Waals surface area (Å²) in [6.45, 7) is 2.80. The molecule has 21 heavy (non-hydrogen) atoms. The predicted molar refractivity (Wildman–Crippen MR) is 84.1 cm³/mol. The lowest BCUT2D eigenvalue weighted by atomic mass is 10.2. The van der Waals surface area contributed by atoms with Crippen molar-refractivity contribution in [1.82, 2.24) is 4.31 Å². The maximum Gasteiger partial charge on any atom is 0.243 e. The molecule has 0 heterocycles. The van der Waals surface area contributed by atoms with Gasteiger partial charge in [0.05, 0.1) is 10.5 Å². The Kier molecular flexibility index (Phi) is 4.95. The van der Waals surface area contributed by atoms with Crippen LogP contribution in [0.1, 0.15) is 31.7 Å². The molecule has 0 aromatic heterocycles. The second-order valence-electron chi connectivity index (χ2n) is 5.28. The summed E-state index contributed by atoms with van der Waals surface area (Å²) in [4.78, 5) is -0.376. The van der Waals surface area contributed by atoms with Gasteiger partial charge in [0.25, 0.3) is 0 Å². The lowest BCUT2D eigenvalue weighted by molar-refractivity contribution is 0.395. The third-order valence-corrected chi connectivity index (χ3v) is 5.58. The summed E-state index contributed by atoms with van der Waals surface area (Å²) in [5.74, 6) is -0.292. The van der Waals surface area contributed by atoms with E-state index in [1.165, 1.54) is 22.5 Å². The summed E-state index contributed by atoms with van der Waals surface area (Å²) in [5.41, 5.74) is 5.32. The Bertz CT molecular complexity index is 642. The van der Waals surface area contributed by atoms with Crippen LogP contribution < -0.4 is 5.73 Å². The highest BCUT2D eigenvalue weighted by Gasteiger charge is 2.33. The molecule has 2 N–H and O–H groups in total. The zero-order valence-electron chi connectivity index (χ0n) is 11.9. The number of rotatable bonds is 7. The molecule has 2 rings (SSSR count). The Morgan fingerprint density at radius 1 is 1.48 bits per heavy atom. The normalized spacial score (nSPS) is 15.4. The van der Waals surface area contributed by atoms with Crippen molar-refractivity contribution >= 4 is 27.2 Å². The van der Waals surface area contributed by atoms with Crippen LogP contribution in [0.5, 0.6) is 0 Å². The van der Waals surface area contributed by atoms with E-state index in [2.05, 4.69) is 0 Å².